The molecule has 4 aliphatic rings. The van der Waals surface area contributed by atoms with Gasteiger partial charge < -0.3 is 19.1 Å². The Morgan fingerprint density at radius 1 is 0.897 bits per heavy atom. The predicted molar refractivity (Wildman–Crippen MR) is 138 cm³/mol. The van der Waals surface area contributed by atoms with Gasteiger partial charge in [-0.25, -0.2) is 9.69 Å². The molecule has 4 atom stereocenters. The van der Waals surface area contributed by atoms with Crippen molar-refractivity contribution in [2.45, 2.75) is 12.1 Å². The molecule has 0 radical (unpaired) electrons. The largest absolute Gasteiger partial charge is 0.465 e. The van der Waals surface area contributed by atoms with E-state index in [1.54, 1.807) is 42.6 Å². The molecule has 4 aliphatic heterocycles. The molecular formula is C30H22N2O7. The van der Waals surface area contributed by atoms with Crippen molar-refractivity contribution in [1.82, 2.24) is 4.90 Å². The van der Waals surface area contributed by atoms with Gasteiger partial charge >= 0.3 is 5.97 Å². The summed E-state index contributed by atoms with van der Waals surface area (Å²) in [6, 6.07) is 17.4. The van der Waals surface area contributed by atoms with Gasteiger partial charge in [-0.3, -0.25) is 14.4 Å². The van der Waals surface area contributed by atoms with Crippen LogP contribution in [0.25, 0.3) is 6.08 Å². The Bertz CT molecular complexity index is 1610. The van der Waals surface area contributed by atoms with E-state index in [-0.39, 0.29) is 23.8 Å². The quantitative estimate of drug-likeness (QED) is 0.291. The normalized spacial score (nSPS) is 23.9. The molecule has 0 aliphatic carbocycles. The summed E-state index contributed by atoms with van der Waals surface area (Å²) < 4.78 is 15.8. The predicted octanol–water partition coefficient (Wildman–Crippen LogP) is 3.60. The molecule has 3 aromatic carbocycles. The SMILES string of the molecule is COC(=O)c1ccccc1N1C(=O)[C@@H]2[C@@H](C1=O)[C@@H]1c3ccccc3C=CN1[C@@H]2C(=O)c1ccc2c(c1)OCO2. The molecule has 2 amide bonds. The summed E-state index contributed by atoms with van der Waals surface area (Å²) in [5.41, 5.74) is 2.38. The Balaban J connectivity index is 1.37. The van der Waals surface area contributed by atoms with Crippen molar-refractivity contribution in [1.29, 1.82) is 0 Å². The first-order valence-corrected chi connectivity index (χ1v) is 12.5. The van der Waals surface area contributed by atoms with Gasteiger partial charge in [0.1, 0.15) is 6.04 Å². The maximum absolute atomic E-state index is 14.2. The molecule has 0 saturated carbocycles. The Morgan fingerprint density at radius 2 is 1.64 bits per heavy atom. The molecule has 0 aromatic heterocycles. The zero-order valence-corrected chi connectivity index (χ0v) is 20.8. The van der Waals surface area contributed by atoms with Gasteiger partial charge in [0.2, 0.25) is 18.6 Å². The first-order valence-electron chi connectivity index (χ1n) is 12.5. The maximum Gasteiger partial charge on any atom is 0.339 e. The van der Waals surface area contributed by atoms with Gasteiger partial charge in [-0.05, 0) is 47.5 Å². The topological polar surface area (TPSA) is 102 Å². The molecule has 7 rings (SSSR count). The number of carbonyl (C=O) groups excluding carboxylic acids is 4. The van der Waals surface area contributed by atoms with E-state index < -0.39 is 41.7 Å². The van der Waals surface area contributed by atoms with E-state index in [1.807, 2.05) is 35.2 Å². The summed E-state index contributed by atoms with van der Waals surface area (Å²) in [6.07, 6.45) is 3.69. The number of carbonyl (C=O) groups is 4. The maximum atomic E-state index is 14.2. The van der Waals surface area contributed by atoms with E-state index in [4.69, 9.17) is 14.2 Å². The standard InChI is InChI=1S/C30H22N2O7/c1-37-30(36)19-8-4-5-9-20(19)32-28(34)23-24(29(32)35)26(27(33)17-10-11-21-22(14-17)39-15-38-21)31-13-12-16-6-2-3-7-18(16)25(23)31/h2-14,23-26H,15H2,1H3/t23-,24-,25+,26+/m1/s1. The lowest BCUT2D eigenvalue weighted by atomic mass is 9.83. The molecule has 0 N–H and O–H groups in total. The molecule has 3 aromatic rings. The molecule has 4 heterocycles. The summed E-state index contributed by atoms with van der Waals surface area (Å²) in [7, 11) is 1.24. The van der Waals surface area contributed by atoms with Crippen LogP contribution in [0.1, 0.15) is 37.9 Å². The first-order chi connectivity index (χ1) is 19.0. The average molecular weight is 523 g/mol. The fourth-order valence-corrected chi connectivity index (χ4v) is 6.27. The highest BCUT2D eigenvalue weighted by Crippen LogP contribution is 2.54. The molecule has 0 unspecified atom stereocenters. The van der Waals surface area contributed by atoms with Gasteiger partial charge in [-0.15, -0.1) is 0 Å². The molecule has 9 heteroatoms. The second kappa shape index (κ2) is 8.56. The Hall–Kier alpha value is -4.92. The number of rotatable bonds is 4. The number of para-hydroxylation sites is 1. The van der Waals surface area contributed by atoms with Crippen LogP contribution in [-0.4, -0.2) is 48.4 Å². The molecule has 194 valence electrons. The number of anilines is 1. The minimum absolute atomic E-state index is 0.0659. The third-order valence-electron chi connectivity index (χ3n) is 7.94. The van der Waals surface area contributed by atoms with E-state index in [2.05, 4.69) is 0 Å². The lowest BCUT2D eigenvalue weighted by molar-refractivity contribution is -0.123. The highest BCUT2D eigenvalue weighted by atomic mass is 16.7. The van der Waals surface area contributed by atoms with Gasteiger partial charge in [0.15, 0.2) is 17.3 Å². The van der Waals surface area contributed by atoms with E-state index in [9.17, 15) is 19.2 Å². The number of imide groups is 1. The van der Waals surface area contributed by atoms with E-state index in [0.717, 1.165) is 16.0 Å². The number of benzene rings is 3. The molecule has 39 heavy (non-hydrogen) atoms. The summed E-state index contributed by atoms with van der Waals surface area (Å²) >= 11 is 0. The minimum Gasteiger partial charge on any atom is -0.465 e. The van der Waals surface area contributed by atoms with Crippen LogP contribution >= 0.6 is 0 Å². The van der Waals surface area contributed by atoms with Gasteiger partial charge in [-0.1, -0.05) is 36.4 Å². The number of nitrogens with zero attached hydrogens (tertiary/aromatic N) is 2. The second-order valence-electron chi connectivity index (χ2n) is 9.79. The number of esters is 1. The molecule has 9 nitrogen and oxygen atoms in total. The van der Waals surface area contributed by atoms with Crippen molar-refractivity contribution >= 4 is 35.3 Å². The number of ketones is 1. The van der Waals surface area contributed by atoms with Crippen LogP contribution < -0.4 is 14.4 Å². The lowest BCUT2D eigenvalue weighted by Gasteiger charge is -2.35. The van der Waals surface area contributed by atoms with Crippen molar-refractivity contribution in [2.75, 3.05) is 18.8 Å². The van der Waals surface area contributed by atoms with E-state index in [0.29, 0.717) is 17.1 Å². The summed E-state index contributed by atoms with van der Waals surface area (Å²) in [6.45, 7) is 0.0659. The second-order valence-corrected chi connectivity index (χ2v) is 9.79. The lowest BCUT2D eigenvalue weighted by Crippen LogP contribution is -2.44. The van der Waals surface area contributed by atoms with Crippen molar-refractivity contribution in [3.8, 4) is 11.5 Å². The molecule has 2 fully saturated rings. The minimum atomic E-state index is -0.970. The molecule has 0 bridgehead atoms. The van der Waals surface area contributed by atoms with Crippen molar-refractivity contribution in [3.63, 3.8) is 0 Å². The monoisotopic (exact) mass is 522 g/mol. The number of ether oxygens (including phenoxy) is 3. The van der Waals surface area contributed by atoms with Gasteiger partial charge in [0.05, 0.1) is 36.2 Å². The molecule has 2 saturated heterocycles. The van der Waals surface area contributed by atoms with Crippen molar-refractivity contribution < 1.29 is 33.4 Å². The summed E-state index contributed by atoms with van der Waals surface area (Å²) in [5.74, 6) is -2.77. The fourth-order valence-electron chi connectivity index (χ4n) is 6.27. The van der Waals surface area contributed by atoms with Gasteiger partial charge in [0, 0.05) is 11.8 Å². The fraction of sp³-hybridized carbons (Fsp3) is 0.200. The third-order valence-corrected chi connectivity index (χ3v) is 7.94. The smallest absolute Gasteiger partial charge is 0.339 e. The average Bonchev–Trinajstić information content (AvgIpc) is 3.65. The Kier molecular flexibility index (Phi) is 5.09. The van der Waals surface area contributed by atoms with E-state index in [1.165, 1.54) is 13.2 Å². The summed E-state index contributed by atoms with van der Waals surface area (Å²) in [5, 5.41) is 0. The number of Topliss-reactive ketones (excluding diaryl/α,β-unsaturated/α-hetero) is 1. The Labute approximate surface area is 223 Å². The number of fused-ring (bicyclic) bond motifs is 6. The summed E-state index contributed by atoms with van der Waals surface area (Å²) in [4.78, 5) is 57.9. The van der Waals surface area contributed by atoms with Crippen LogP contribution in [0, 0.1) is 11.8 Å². The number of hydrogen-bond acceptors (Lipinski definition) is 8. The van der Waals surface area contributed by atoms with Gasteiger partial charge in [0.25, 0.3) is 0 Å². The van der Waals surface area contributed by atoms with Crippen molar-refractivity contribution in [3.05, 3.63) is 95.2 Å². The Morgan fingerprint density at radius 3 is 2.49 bits per heavy atom. The van der Waals surface area contributed by atoms with Crippen LogP contribution in [0.15, 0.2) is 72.9 Å². The first kappa shape index (κ1) is 23.2. The van der Waals surface area contributed by atoms with Crippen LogP contribution in [0.3, 0.4) is 0 Å². The number of amides is 2. The number of methoxy groups -OCH3 is 1. The van der Waals surface area contributed by atoms with Crippen molar-refractivity contribution in [2.24, 2.45) is 11.8 Å². The van der Waals surface area contributed by atoms with Gasteiger partial charge in [-0.2, -0.15) is 0 Å². The zero-order valence-electron chi connectivity index (χ0n) is 20.8. The van der Waals surface area contributed by atoms with Crippen LogP contribution in [0.2, 0.25) is 0 Å². The van der Waals surface area contributed by atoms with Crippen LogP contribution in [-0.2, 0) is 14.3 Å². The number of hydrogen-bond donors (Lipinski definition) is 0. The van der Waals surface area contributed by atoms with Crippen LogP contribution in [0.4, 0.5) is 5.69 Å². The highest BCUT2D eigenvalue weighted by Gasteiger charge is 2.64. The molecule has 0 spiro atoms. The highest BCUT2D eigenvalue weighted by molar-refractivity contribution is 6.26. The third kappa shape index (κ3) is 3.26. The van der Waals surface area contributed by atoms with Crippen LogP contribution in [0.5, 0.6) is 11.5 Å². The molecular weight excluding hydrogens is 500 g/mol. The van der Waals surface area contributed by atoms with E-state index >= 15 is 0 Å². The zero-order chi connectivity index (χ0) is 26.8.